The van der Waals surface area contributed by atoms with Gasteiger partial charge in [0.05, 0.1) is 12.7 Å². The molecular formula is C13H12N2O4. The van der Waals surface area contributed by atoms with Crippen LogP contribution in [-0.2, 0) is 4.74 Å². The van der Waals surface area contributed by atoms with Crippen molar-refractivity contribution in [3.63, 3.8) is 0 Å². The second-order valence-corrected chi connectivity index (χ2v) is 3.85. The number of nitrogens with one attached hydrogen (secondary N) is 1. The normalized spacial score (nSPS) is 10.0. The van der Waals surface area contributed by atoms with E-state index in [0.29, 0.717) is 17.0 Å². The van der Waals surface area contributed by atoms with Crippen molar-refractivity contribution in [1.82, 2.24) is 5.16 Å². The van der Waals surface area contributed by atoms with E-state index in [1.165, 1.54) is 19.2 Å². The fourth-order valence-electron chi connectivity index (χ4n) is 1.51. The van der Waals surface area contributed by atoms with Gasteiger partial charge in [0.15, 0.2) is 5.69 Å². The van der Waals surface area contributed by atoms with Gasteiger partial charge in [0.1, 0.15) is 5.76 Å². The summed E-state index contributed by atoms with van der Waals surface area (Å²) in [5.74, 6) is -0.319. The lowest BCUT2D eigenvalue weighted by atomic mass is 10.2. The molecule has 0 spiro atoms. The van der Waals surface area contributed by atoms with E-state index in [1.807, 2.05) is 0 Å². The SMILES string of the molecule is COC(=O)c1cccc(NC(=O)c2cc(C)on2)c1. The first kappa shape index (κ1) is 12.8. The van der Waals surface area contributed by atoms with E-state index in [-0.39, 0.29) is 5.69 Å². The van der Waals surface area contributed by atoms with Crippen LogP contribution in [0.1, 0.15) is 26.6 Å². The first-order valence-corrected chi connectivity index (χ1v) is 5.53. The van der Waals surface area contributed by atoms with Crippen LogP contribution in [0.25, 0.3) is 0 Å². The molecule has 1 aromatic heterocycles. The number of anilines is 1. The molecule has 0 radical (unpaired) electrons. The van der Waals surface area contributed by atoms with Crippen molar-refractivity contribution in [3.05, 3.63) is 47.3 Å². The topological polar surface area (TPSA) is 81.4 Å². The largest absolute Gasteiger partial charge is 0.465 e. The minimum absolute atomic E-state index is 0.181. The summed E-state index contributed by atoms with van der Waals surface area (Å²) in [5.41, 5.74) is 1.02. The molecule has 0 unspecified atom stereocenters. The highest BCUT2D eigenvalue weighted by atomic mass is 16.5. The Morgan fingerprint density at radius 3 is 2.74 bits per heavy atom. The van der Waals surface area contributed by atoms with E-state index in [0.717, 1.165) is 0 Å². The molecule has 1 heterocycles. The second kappa shape index (κ2) is 5.34. The van der Waals surface area contributed by atoms with Crippen molar-refractivity contribution in [2.75, 3.05) is 12.4 Å². The Bertz CT molecular complexity index is 619. The van der Waals surface area contributed by atoms with Crippen LogP contribution in [0.4, 0.5) is 5.69 Å². The lowest BCUT2D eigenvalue weighted by Gasteiger charge is -2.04. The number of amides is 1. The molecule has 6 nitrogen and oxygen atoms in total. The molecule has 0 saturated carbocycles. The van der Waals surface area contributed by atoms with Gasteiger partial charge < -0.3 is 14.6 Å². The number of aryl methyl sites for hydroxylation is 1. The number of aromatic nitrogens is 1. The zero-order valence-electron chi connectivity index (χ0n) is 10.5. The molecule has 98 valence electrons. The molecule has 2 rings (SSSR count). The third kappa shape index (κ3) is 2.98. The maximum absolute atomic E-state index is 11.8. The lowest BCUT2D eigenvalue weighted by Crippen LogP contribution is -2.12. The van der Waals surface area contributed by atoms with Crippen molar-refractivity contribution in [2.24, 2.45) is 0 Å². The van der Waals surface area contributed by atoms with Crippen molar-refractivity contribution in [3.8, 4) is 0 Å². The van der Waals surface area contributed by atoms with Gasteiger partial charge in [-0.2, -0.15) is 0 Å². The van der Waals surface area contributed by atoms with Gasteiger partial charge in [-0.15, -0.1) is 0 Å². The smallest absolute Gasteiger partial charge is 0.337 e. The monoisotopic (exact) mass is 260 g/mol. The first-order valence-electron chi connectivity index (χ1n) is 5.53. The van der Waals surface area contributed by atoms with Crippen molar-refractivity contribution >= 4 is 17.6 Å². The zero-order chi connectivity index (χ0) is 13.8. The summed E-state index contributed by atoms with van der Waals surface area (Å²) in [5, 5.41) is 6.23. The van der Waals surface area contributed by atoms with E-state index < -0.39 is 11.9 Å². The second-order valence-electron chi connectivity index (χ2n) is 3.85. The molecule has 1 amide bonds. The Morgan fingerprint density at radius 2 is 2.11 bits per heavy atom. The lowest BCUT2D eigenvalue weighted by molar-refractivity contribution is 0.0600. The molecule has 1 aromatic carbocycles. The predicted octanol–water partition coefficient (Wildman–Crippen LogP) is 2.02. The van der Waals surface area contributed by atoms with E-state index in [4.69, 9.17) is 4.52 Å². The van der Waals surface area contributed by atoms with Crippen molar-refractivity contribution in [1.29, 1.82) is 0 Å². The van der Waals surface area contributed by atoms with Crippen molar-refractivity contribution < 1.29 is 18.8 Å². The van der Waals surface area contributed by atoms with Gasteiger partial charge in [-0.25, -0.2) is 4.79 Å². The highest BCUT2D eigenvalue weighted by Gasteiger charge is 2.12. The number of hydrogen-bond donors (Lipinski definition) is 1. The Balaban J connectivity index is 2.15. The Kier molecular flexibility index (Phi) is 3.61. The number of nitrogens with zero attached hydrogens (tertiary/aromatic N) is 1. The van der Waals surface area contributed by atoms with E-state index >= 15 is 0 Å². The third-order valence-electron chi connectivity index (χ3n) is 2.40. The van der Waals surface area contributed by atoms with Crippen LogP contribution in [0.3, 0.4) is 0 Å². The van der Waals surface area contributed by atoms with Crippen LogP contribution >= 0.6 is 0 Å². The van der Waals surface area contributed by atoms with Crippen LogP contribution in [0.15, 0.2) is 34.9 Å². The highest BCUT2D eigenvalue weighted by Crippen LogP contribution is 2.13. The zero-order valence-corrected chi connectivity index (χ0v) is 10.5. The number of methoxy groups -OCH3 is 1. The molecule has 19 heavy (non-hydrogen) atoms. The van der Waals surface area contributed by atoms with E-state index in [9.17, 15) is 9.59 Å². The standard InChI is InChI=1S/C13H12N2O4/c1-8-6-11(15-19-8)12(16)14-10-5-3-4-9(7-10)13(17)18-2/h3-7H,1-2H3,(H,14,16). The molecule has 0 aliphatic heterocycles. The van der Waals surface area contributed by atoms with Gasteiger partial charge in [0.25, 0.3) is 5.91 Å². The van der Waals surface area contributed by atoms with Gasteiger partial charge >= 0.3 is 5.97 Å². The fourth-order valence-corrected chi connectivity index (χ4v) is 1.51. The summed E-state index contributed by atoms with van der Waals surface area (Å²) in [6, 6.07) is 7.96. The summed E-state index contributed by atoms with van der Waals surface area (Å²) in [4.78, 5) is 23.2. The molecule has 6 heteroatoms. The molecule has 0 atom stereocenters. The van der Waals surface area contributed by atoms with Gasteiger partial charge in [-0.3, -0.25) is 4.79 Å². The van der Waals surface area contributed by atoms with Crippen molar-refractivity contribution in [2.45, 2.75) is 6.92 Å². The maximum Gasteiger partial charge on any atom is 0.337 e. The van der Waals surface area contributed by atoms with Crippen LogP contribution in [-0.4, -0.2) is 24.1 Å². The van der Waals surface area contributed by atoms with E-state index in [2.05, 4.69) is 15.2 Å². The molecule has 0 aliphatic rings. The third-order valence-corrected chi connectivity index (χ3v) is 2.40. The molecule has 0 saturated heterocycles. The number of carbonyl (C=O) groups is 2. The summed E-state index contributed by atoms with van der Waals surface area (Å²) in [6.45, 7) is 1.70. The molecule has 2 aromatic rings. The quantitative estimate of drug-likeness (QED) is 0.854. The predicted molar refractivity (Wildman–Crippen MR) is 67.0 cm³/mol. The van der Waals surface area contributed by atoms with Gasteiger partial charge in [0.2, 0.25) is 0 Å². The molecule has 0 fully saturated rings. The number of rotatable bonds is 3. The van der Waals surface area contributed by atoms with Gasteiger partial charge in [-0.05, 0) is 25.1 Å². The fraction of sp³-hybridized carbons (Fsp3) is 0.154. The molecular weight excluding hydrogens is 248 g/mol. The minimum Gasteiger partial charge on any atom is -0.465 e. The summed E-state index contributed by atoms with van der Waals surface area (Å²) in [6.07, 6.45) is 0. The molecule has 0 aliphatic carbocycles. The number of hydrogen-bond acceptors (Lipinski definition) is 5. The Labute approximate surface area is 109 Å². The summed E-state index contributed by atoms with van der Waals surface area (Å²) < 4.78 is 9.42. The summed E-state index contributed by atoms with van der Waals surface area (Å²) >= 11 is 0. The number of ether oxygens (including phenoxy) is 1. The summed E-state index contributed by atoms with van der Waals surface area (Å²) in [7, 11) is 1.30. The molecule has 1 N–H and O–H groups in total. The first-order chi connectivity index (χ1) is 9.10. The Hall–Kier alpha value is -2.63. The number of benzene rings is 1. The van der Waals surface area contributed by atoms with Crippen LogP contribution < -0.4 is 5.32 Å². The van der Waals surface area contributed by atoms with Crippen LogP contribution in [0.2, 0.25) is 0 Å². The maximum atomic E-state index is 11.8. The molecule has 0 bridgehead atoms. The van der Waals surface area contributed by atoms with Gasteiger partial charge in [0, 0.05) is 11.8 Å². The Morgan fingerprint density at radius 1 is 1.32 bits per heavy atom. The van der Waals surface area contributed by atoms with Crippen LogP contribution in [0, 0.1) is 6.92 Å². The van der Waals surface area contributed by atoms with Gasteiger partial charge in [-0.1, -0.05) is 11.2 Å². The van der Waals surface area contributed by atoms with E-state index in [1.54, 1.807) is 25.1 Å². The van der Waals surface area contributed by atoms with Crippen LogP contribution in [0.5, 0.6) is 0 Å². The average molecular weight is 260 g/mol. The minimum atomic E-state index is -0.464. The highest BCUT2D eigenvalue weighted by molar-refractivity contribution is 6.03. The average Bonchev–Trinajstić information content (AvgIpc) is 2.85. The number of carbonyl (C=O) groups excluding carboxylic acids is 2. The number of esters is 1.